The van der Waals surface area contributed by atoms with Crippen molar-refractivity contribution in [2.24, 2.45) is 0 Å². The average Bonchev–Trinajstić information content (AvgIpc) is 2.85. The van der Waals surface area contributed by atoms with Crippen molar-refractivity contribution in [2.45, 2.75) is 12.8 Å². The molecule has 164 valence electrons. The number of nitrogens with one attached hydrogen (secondary N) is 1. The van der Waals surface area contributed by atoms with E-state index in [-0.39, 0.29) is 23.1 Å². The van der Waals surface area contributed by atoms with Crippen LogP contribution in [-0.4, -0.2) is 35.4 Å². The largest absolute Gasteiger partial charge is 0.481 e. The zero-order valence-corrected chi connectivity index (χ0v) is 17.8. The smallest absolute Gasteiger partial charge is 0.244 e. The van der Waals surface area contributed by atoms with Crippen LogP contribution in [0.1, 0.15) is 18.5 Å². The van der Waals surface area contributed by atoms with Crippen molar-refractivity contribution >= 4 is 34.8 Å². The van der Waals surface area contributed by atoms with Crippen LogP contribution in [-0.2, 0) is 9.59 Å². The molecular weight excluding hydrogens is 442 g/mol. The third kappa shape index (κ3) is 3.99. The van der Waals surface area contributed by atoms with E-state index < -0.39 is 29.4 Å². The fourth-order valence-electron chi connectivity index (χ4n) is 3.53. The molecule has 1 aliphatic rings. The summed E-state index contributed by atoms with van der Waals surface area (Å²) in [6.07, 6.45) is 2.48. The van der Waals surface area contributed by atoms with E-state index in [0.717, 1.165) is 12.3 Å². The predicted molar refractivity (Wildman–Crippen MR) is 115 cm³/mol. The van der Waals surface area contributed by atoms with E-state index >= 15 is 0 Å². The second-order valence-corrected chi connectivity index (χ2v) is 7.56. The molecule has 32 heavy (non-hydrogen) atoms. The van der Waals surface area contributed by atoms with Crippen LogP contribution in [0.2, 0.25) is 5.02 Å². The number of ether oxygens (including phenoxy) is 1. The van der Waals surface area contributed by atoms with E-state index in [0.29, 0.717) is 22.5 Å². The Morgan fingerprint density at radius 1 is 1.19 bits per heavy atom. The molecule has 0 fully saturated rings. The van der Waals surface area contributed by atoms with Crippen LogP contribution in [0, 0.1) is 11.6 Å². The van der Waals surface area contributed by atoms with Gasteiger partial charge < -0.3 is 15.0 Å². The Morgan fingerprint density at radius 3 is 2.69 bits per heavy atom. The summed E-state index contributed by atoms with van der Waals surface area (Å²) in [5.74, 6) is -2.80. The number of aromatic nitrogens is 2. The van der Waals surface area contributed by atoms with Crippen molar-refractivity contribution in [3.8, 4) is 17.0 Å². The number of carbonyl (C=O) groups is 2. The van der Waals surface area contributed by atoms with Gasteiger partial charge in [-0.25, -0.2) is 13.8 Å². The first kappa shape index (κ1) is 21.6. The van der Waals surface area contributed by atoms with Gasteiger partial charge in [-0.3, -0.25) is 14.6 Å². The van der Waals surface area contributed by atoms with E-state index in [1.165, 1.54) is 42.5 Å². The summed E-state index contributed by atoms with van der Waals surface area (Å²) >= 11 is 5.68. The Morgan fingerprint density at radius 2 is 1.97 bits per heavy atom. The van der Waals surface area contributed by atoms with Gasteiger partial charge >= 0.3 is 0 Å². The minimum atomic E-state index is -0.759. The molecule has 0 spiro atoms. The summed E-state index contributed by atoms with van der Waals surface area (Å²) in [4.78, 5) is 35.6. The number of anilines is 2. The molecule has 2 amide bonds. The monoisotopic (exact) mass is 458 g/mol. The maximum absolute atomic E-state index is 14.0. The maximum atomic E-state index is 14.0. The van der Waals surface area contributed by atoms with Gasteiger partial charge in [0.25, 0.3) is 0 Å². The molecule has 0 saturated heterocycles. The first-order chi connectivity index (χ1) is 15.3. The third-order valence-corrected chi connectivity index (χ3v) is 5.39. The molecule has 1 aliphatic heterocycles. The minimum Gasteiger partial charge on any atom is -0.481 e. The molecule has 0 aliphatic carbocycles. The van der Waals surface area contributed by atoms with Gasteiger partial charge in [-0.15, -0.1) is 0 Å². The topological polar surface area (TPSA) is 84.4 Å². The zero-order valence-electron chi connectivity index (χ0n) is 17.0. The number of benzene rings is 1. The van der Waals surface area contributed by atoms with Crippen molar-refractivity contribution in [3.63, 3.8) is 0 Å². The van der Waals surface area contributed by atoms with Crippen LogP contribution >= 0.6 is 11.6 Å². The number of hydrogen-bond donors (Lipinski definition) is 1. The summed E-state index contributed by atoms with van der Waals surface area (Å²) in [6, 6.07) is 6.61. The molecule has 1 atom stereocenters. The number of rotatable bonds is 4. The normalized spacial score (nSPS) is 15.0. The highest BCUT2D eigenvalue weighted by molar-refractivity contribution is 6.30. The second kappa shape index (κ2) is 8.51. The lowest BCUT2D eigenvalue weighted by molar-refractivity contribution is -0.122. The van der Waals surface area contributed by atoms with Gasteiger partial charge in [0.15, 0.2) is 0 Å². The highest BCUT2D eigenvalue weighted by Gasteiger charge is 2.34. The van der Waals surface area contributed by atoms with E-state index in [1.54, 1.807) is 6.92 Å². The molecule has 3 aromatic rings. The molecule has 0 radical (unpaired) electrons. The van der Waals surface area contributed by atoms with Crippen LogP contribution in [0.3, 0.4) is 0 Å². The summed E-state index contributed by atoms with van der Waals surface area (Å²) in [5, 5.41) is 2.47. The number of fused-ring (bicyclic) bond motifs is 3. The van der Waals surface area contributed by atoms with Crippen LogP contribution in [0.4, 0.5) is 20.2 Å². The summed E-state index contributed by atoms with van der Waals surface area (Å²) in [7, 11) is 1.41. The van der Waals surface area contributed by atoms with E-state index in [2.05, 4.69) is 15.3 Å². The molecule has 2 aromatic heterocycles. The van der Waals surface area contributed by atoms with Gasteiger partial charge in [0, 0.05) is 29.1 Å². The summed E-state index contributed by atoms with van der Waals surface area (Å²) in [5.41, 5.74) is 1.70. The first-order valence-electron chi connectivity index (χ1n) is 9.54. The number of halogens is 3. The van der Waals surface area contributed by atoms with Gasteiger partial charge in [0.1, 0.15) is 18.2 Å². The quantitative estimate of drug-likeness (QED) is 0.634. The molecule has 4 rings (SSSR count). The molecule has 1 N–H and O–H groups in total. The third-order valence-electron chi connectivity index (χ3n) is 5.08. The molecule has 0 bridgehead atoms. The highest BCUT2D eigenvalue weighted by Crippen LogP contribution is 2.41. The van der Waals surface area contributed by atoms with Gasteiger partial charge in [0.2, 0.25) is 17.7 Å². The molecule has 1 unspecified atom stereocenters. The van der Waals surface area contributed by atoms with Crippen molar-refractivity contribution in [2.75, 3.05) is 23.9 Å². The van der Waals surface area contributed by atoms with Crippen molar-refractivity contribution in [3.05, 3.63) is 65.1 Å². The van der Waals surface area contributed by atoms with E-state index in [1.807, 2.05) is 0 Å². The minimum absolute atomic E-state index is 0.0782. The Kier molecular flexibility index (Phi) is 5.75. The summed E-state index contributed by atoms with van der Waals surface area (Å²) in [6.45, 7) is 1.24. The van der Waals surface area contributed by atoms with Gasteiger partial charge in [-0.2, -0.15) is 0 Å². The number of amides is 2. The number of pyridine rings is 2. The fourth-order valence-corrected chi connectivity index (χ4v) is 3.65. The lowest BCUT2D eigenvalue weighted by Crippen LogP contribution is -2.40. The molecule has 1 aromatic carbocycles. The van der Waals surface area contributed by atoms with Gasteiger partial charge in [-0.05, 0) is 31.2 Å². The van der Waals surface area contributed by atoms with Crippen LogP contribution in [0.25, 0.3) is 11.1 Å². The van der Waals surface area contributed by atoms with Crippen molar-refractivity contribution < 1.29 is 23.1 Å². The Bertz CT molecular complexity index is 1240. The second-order valence-electron chi connectivity index (χ2n) is 7.15. The van der Waals surface area contributed by atoms with Crippen molar-refractivity contribution in [1.82, 2.24) is 9.97 Å². The highest BCUT2D eigenvalue weighted by atomic mass is 35.5. The molecule has 7 nitrogen and oxygen atoms in total. The lowest BCUT2D eigenvalue weighted by atomic mass is 9.98. The molecule has 10 heteroatoms. The maximum Gasteiger partial charge on any atom is 0.244 e. The fraction of sp³-hybridized carbons (Fsp3) is 0.182. The van der Waals surface area contributed by atoms with E-state index in [4.69, 9.17) is 16.3 Å². The average molecular weight is 459 g/mol. The Balaban J connectivity index is 1.74. The Labute approximate surface area is 187 Å². The summed E-state index contributed by atoms with van der Waals surface area (Å²) < 4.78 is 32.9. The van der Waals surface area contributed by atoms with Gasteiger partial charge in [-0.1, -0.05) is 11.6 Å². The van der Waals surface area contributed by atoms with Gasteiger partial charge in [0.05, 0.1) is 35.6 Å². The van der Waals surface area contributed by atoms with Crippen molar-refractivity contribution in [1.29, 1.82) is 0 Å². The number of carbonyl (C=O) groups excluding carboxylic acids is 2. The van der Waals surface area contributed by atoms with Crippen LogP contribution in [0.5, 0.6) is 5.88 Å². The lowest BCUT2D eigenvalue weighted by Gasteiger charge is -2.24. The SMILES string of the molecule is COc1cc2c(cn1)-c1cc(F)cnc1C(C)C(=O)N2CC(=O)Nc1ccc(Cl)c(F)c1. The zero-order chi connectivity index (χ0) is 23.0. The Hall–Kier alpha value is -3.59. The van der Waals surface area contributed by atoms with Crippen LogP contribution < -0.4 is 15.0 Å². The first-order valence-corrected chi connectivity index (χ1v) is 9.92. The van der Waals surface area contributed by atoms with E-state index in [9.17, 15) is 18.4 Å². The molecule has 0 saturated carbocycles. The number of nitrogens with zero attached hydrogens (tertiary/aromatic N) is 3. The molecular formula is C22H17ClF2N4O3. The molecule has 3 heterocycles. The standard InChI is InChI=1S/C22H17ClF2N4O3/c1-11-21-14(5-12(24)8-27-21)15-9-26-20(32-2)7-18(15)29(22(11)31)10-19(30)28-13-3-4-16(23)17(25)6-13/h3-9,11H,10H2,1-2H3,(H,28,30). The van der Waals surface area contributed by atoms with Crippen LogP contribution in [0.15, 0.2) is 42.7 Å². The number of hydrogen-bond acceptors (Lipinski definition) is 5. The predicted octanol–water partition coefficient (Wildman–Crippen LogP) is 4.17. The number of methoxy groups -OCH3 is 1.